The number of nitrogens with one attached hydrogen (secondary N) is 1. The average Bonchev–Trinajstić information content (AvgIpc) is 2.82. The van der Waals surface area contributed by atoms with Crippen LogP contribution in [0.4, 0.5) is 5.82 Å². The van der Waals surface area contributed by atoms with Crippen molar-refractivity contribution in [1.29, 1.82) is 0 Å². The van der Waals surface area contributed by atoms with E-state index in [1.165, 1.54) is 0 Å². The summed E-state index contributed by atoms with van der Waals surface area (Å²) in [6.45, 7) is 3.64. The lowest BCUT2D eigenvalue weighted by Crippen LogP contribution is -2.25. The van der Waals surface area contributed by atoms with Crippen molar-refractivity contribution in [2.24, 2.45) is 0 Å². The second-order valence-electron chi connectivity index (χ2n) is 7.58. The Kier molecular flexibility index (Phi) is 6.29. The summed E-state index contributed by atoms with van der Waals surface area (Å²) in [4.78, 5) is 26.4. The summed E-state index contributed by atoms with van der Waals surface area (Å²) >= 11 is 5.97. The predicted octanol–water partition coefficient (Wildman–Crippen LogP) is 5.43. The zero-order chi connectivity index (χ0) is 23.5. The molecule has 0 radical (unpaired) electrons. The van der Waals surface area contributed by atoms with Crippen molar-refractivity contribution in [3.05, 3.63) is 105 Å². The van der Waals surface area contributed by atoms with Crippen LogP contribution in [-0.4, -0.2) is 22.8 Å². The molecule has 0 saturated heterocycles. The fourth-order valence-corrected chi connectivity index (χ4v) is 3.56. The monoisotopic (exact) mass is 459 g/mol. The molecule has 0 saturated carbocycles. The van der Waals surface area contributed by atoms with Crippen molar-refractivity contribution < 1.29 is 9.53 Å². The molecule has 3 aromatic carbocycles. The minimum Gasteiger partial charge on any atom is -0.497 e. The first kappa shape index (κ1) is 22.3. The van der Waals surface area contributed by atoms with Gasteiger partial charge in [0.25, 0.3) is 5.91 Å². The van der Waals surface area contributed by atoms with Gasteiger partial charge in [0.2, 0.25) is 5.43 Å². The van der Waals surface area contributed by atoms with Gasteiger partial charge < -0.3 is 10.1 Å². The SMILES string of the molecule is COc1ccc(-c2c(NC(=O)c3ccc(Cl)cc3)n(-c3ccc(C)cc3)nc(C)c2=O)cc1. The summed E-state index contributed by atoms with van der Waals surface area (Å²) in [6.07, 6.45) is 0. The highest BCUT2D eigenvalue weighted by Gasteiger charge is 2.21. The molecule has 0 aliphatic heterocycles. The number of halogens is 1. The molecule has 166 valence electrons. The largest absolute Gasteiger partial charge is 0.497 e. The van der Waals surface area contributed by atoms with Gasteiger partial charge in [-0.25, -0.2) is 4.68 Å². The first-order valence-corrected chi connectivity index (χ1v) is 10.7. The van der Waals surface area contributed by atoms with Gasteiger partial charge >= 0.3 is 0 Å². The van der Waals surface area contributed by atoms with Crippen molar-refractivity contribution in [3.63, 3.8) is 0 Å². The Bertz CT molecular complexity index is 1360. The van der Waals surface area contributed by atoms with Crippen LogP contribution < -0.4 is 15.5 Å². The summed E-state index contributed by atoms with van der Waals surface area (Å²) in [5.41, 5.74) is 3.22. The van der Waals surface area contributed by atoms with Crippen molar-refractivity contribution in [2.45, 2.75) is 13.8 Å². The van der Waals surface area contributed by atoms with Gasteiger partial charge in [-0.1, -0.05) is 41.4 Å². The summed E-state index contributed by atoms with van der Waals surface area (Å²) in [7, 11) is 1.58. The maximum absolute atomic E-state index is 13.3. The van der Waals surface area contributed by atoms with E-state index in [0.717, 1.165) is 5.56 Å². The van der Waals surface area contributed by atoms with E-state index in [0.29, 0.717) is 38.8 Å². The third-order valence-electron chi connectivity index (χ3n) is 5.25. The first-order chi connectivity index (χ1) is 15.9. The molecule has 4 rings (SSSR count). The van der Waals surface area contributed by atoms with Crippen molar-refractivity contribution >= 4 is 23.3 Å². The van der Waals surface area contributed by atoms with Crippen molar-refractivity contribution in [1.82, 2.24) is 9.78 Å². The van der Waals surface area contributed by atoms with E-state index in [2.05, 4.69) is 10.4 Å². The van der Waals surface area contributed by atoms with Gasteiger partial charge in [-0.3, -0.25) is 9.59 Å². The van der Waals surface area contributed by atoms with Gasteiger partial charge in [0.1, 0.15) is 17.3 Å². The van der Waals surface area contributed by atoms with Crippen LogP contribution in [0, 0.1) is 13.8 Å². The summed E-state index contributed by atoms with van der Waals surface area (Å²) in [5.74, 6) is 0.557. The summed E-state index contributed by atoms with van der Waals surface area (Å²) in [5, 5.41) is 7.93. The minimum atomic E-state index is -0.382. The number of nitrogens with zero attached hydrogens (tertiary/aromatic N) is 2. The van der Waals surface area contributed by atoms with Gasteiger partial charge in [0, 0.05) is 10.6 Å². The molecule has 1 amide bonds. The van der Waals surface area contributed by atoms with Gasteiger partial charge in [-0.05, 0) is 67.9 Å². The Morgan fingerprint density at radius 2 is 1.58 bits per heavy atom. The Labute approximate surface area is 196 Å². The Hall–Kier alpha value is -3.90. The maximum Gasteiger partial charge on any atom is 0.256 e. The van der Waals surface area contributed by atoms with E-state index in [1.807, 2.05) is 31.2 Å². The topological polar surface area (TPSA) is 73.2 Å². The second kappa shape index (κ2) is 9.30. The van der Waals surface area contributed by atoms with Gasteiger partial charge in [0.15, 0.2) is 0 Å². The fraction of sp³-hybridized carbons (Fsp3) is 0.115. The molecule has 33 heavy (non-hydrogen) atoms. The quantitative estimate of drug-likeness (QED) is 0.432. The predicted molar refractivity (Wildman–Crippen MR) is 131 cm³/mol. The van der Waals surface area contributed by atoms with Gasteiger partial charge in [0.05, 0.1) is 18.4 Å². The Morgan fingerprint density at radius 1 is 0.939 bits per heavy atom. The number of carbonyl (C=O) groups excluding carboxylic acids is 1. The number of ether oxygens (including phenoxy) is 1. The van der Waals surface area contributed by atoms with E-state index >= 15 is 0 Å². The van der Waals surface area contributed by atoms with Crippen LogP contribution in [0.2, 0.25) is 5.02 Å². The number of aromatic nitrogens is 2. The number of hydrogen-bond acceptors (Lipinski definition) is 4. The minimum absolute atomic E-state index is 0.269. The van der Waals surface area contributed by atoms with E-state index < -0.39 is 0 Å². The molecule has 6 nitrogen and oxygen atoms in total. The van der Waals surface area contributed by atoms with Crippen LogP contribution in [-0.2, 0) is 0 Å². The number of carbonyl (C=O) groups is 1. The lowest BCUT2D eigenvalue weighted by atomic mass is 10.0. The van der Waals surface area contributed by atoms with Gasteiger partial charge in [-0.2, -0.15) is 5.10 Å². The highest BCUT2D eigenvalue weighted by atomic mass is 35.5. The lowest BCUT2D eigenvalue weighted by molar-refractivity contribution is 0.102. The highest BCUT2D eigenvalue weighted by Crippen LogP contribution is 2.29. The number of aryl methyl sites for hydroxylation is 2. The molecule has 7 heteroatoms. The smallest absolute Gasteiger partial charge is 0.256 e. The molecule has 1 heterocycles. The molecule has 0 fully saturated rings. The molecule has 4 aromatic rings. The molecule has 0 aliphatic rings. The Morgan fingerprint density at radius 3 is 2.18 bits per heavy atom. The molecule has 0 unspecified atom stereocenters. The molecule has 0 aliphatic carbocycles. The maximum atomic E-state index is 13.3. The summed E-state index contributed by atoms with van der Waals surface area (Å²) in [6, 6.07) is 21.3. The first-order valence-electron chi connectivity index (χ1n) is 10.3. The van der Waals surface area contributed by atoms with Crippen LogP contribution in [0.5, 0.6) is 5.75 Å². The number of methoxy groups -OCH3 is 1. The molecule has 0 bridgehead atoms. The fourth-order valence-electron chi connectivity index (χ4n) is 3.43. The van der Waals surface area contributed by atoms with Gasteiger partial charge in [-0.15, -0.1) is 0 Å². The average molecular weight is 460 g/mol. The standard InChI is InChI=1S/C26H22ClN3O3/c1-16-4-12-21(13-5-16)30-25(28-26(32)19-6-10-20(27)11-7-19)23(24(31)17(2)29-30)18-8-14-22(33-3)15-9-18/h4-15H,1-3H3,(H,28,32). The number of amides is 1. The summed E-state index contributed by atoms with van der Waals surface area (Å²) < 4.78 is 6.84. The van der Waals surface area contributed by atoms with Crippen LogP contribution in [0.15, 0.2) is 77.6 Å². The number of benzene rings is 3. The zero-order valence-corrected chi connectivity index (χ0v) is 19.2. The number of hydrogen-bond donors (Lipinski definition) is 1. The third-order valence-corrected chi connectivity index (χ3v) is 5.50. The normalized spacial score (nSPS) is 10.7. The van der Waals surface area contributed by atoms with Crippen LogP contribution in [0.1, 0.15) is 21.6 Å². The number of rotatable bonds is 5. The van der Waals surface area contributed by atoms with E-state index in [9.17, 15) is 9.59 Å². The van der Waals surface area contributed by atoms with Crippen LogP contribution >= 0.6 is 11.6 Å². The number of anilines is 1. The van der Waals surface area contributed by atoms with E-state index in [1.54, 1.807) is 67.2 Å². The lowest BCUT2D eigenvalue weighted by Gasteiger charge is -2.18. The van der Waals surface area contributed by atoms with Crippen LogP contribution in [0.3, 0.4) is 0 Å². The van der Waals surface area contributed by atoms with E-state index in [-0.39, 0.29) is 17.2 Å². The van der Waals surface area contributed by atoms with Crippen molar-refractivity contribution in [2.75, 3.05) is 12.4 Å². The molecular weight excluding hydrogens is 438 g/mol. The third kappa shape index (κ3) is 4.66. The Balaban J connectivity index is 1.93. The van der Waals surface area contributed by atoms with E-state index in [4.69, 9.17) is 16.3 Å². The molecule has 0 spiro atoms. The molecule has 1 N–H and O–H groups in total. The van der Waals surface area contributed by atoms with Crippen molar-refractivity contribution in [3.8, 4) is 22.6 Å². The second-order valence-corrected chi connectivity index (χ2v) is 8.01. The molecule has 0 atom stereocenters. The molecular formula is C26H22ClN3O3. The zero-order valence-electron chi connectivity index (χ0n) is 18.4. The highest BCUT2D eigenvalue weighted by molar-refractivity contribution is 6.30. The molecule has 1 aromatic heterocycles. The van der Waals surface area contributed by atoms with Crippen LogP contribution in [0.25, 0.3) is 16.8 Å².